The van der Waals surface area contributed by atoms with E-state index in [4.69, 9.17) is 11.6 Å². The molecule has 23 heavy (non-hydrogen) atoms. The second-order valence-electron chi connectivity index (χ2n) is 6.19. The highest BCUT2D eigenvalue weighted by Crippen LogP contribution is 2.27. The molecule has 0 saturated heterocycles. The van der Waals surface area contributed by atoms with Gasteiger partial charge in [0.1, 0.15) is 6.04 Å². The molecule has 0 unspecified atom stereocenters. The highest BCUT2D eigenvalue weighted by atomic mass is 35.5. The minimum Gasteiger partial charge on any atom is -0.330 e. The van der Waals surface area contributed by atoms with Crippen molar-refractivity contribution in [2.24, 2.45) is 0 Å². The Hall–Kier alpha value is -1.84. The fraction of sp³-hybridized carbons (Fsp3) is 0.316. The van der Waals surface area contributed by atoms with Crippen molar-refractivity contribution in [3.8, 4) is 0 Å². The minimum atomic E-state index is -0.130. The molecule has 2 aromatic rings. The van der Waals surface area contributed by atoms with Crippen LogP contribution in [-0.2, 0) is 11.2 Å². The average molecular weight is 330 g/mol. The van der Waals surface area contributed by atoms with Crippen LogP contribution in [0.25, 0.3) is 0 Å². The van der Waals surface area contributed by atoms with E-state index >= 15 is 0 Å². The zero-order valence-electron chi connectivity index (χ0n) is 13.5. The predicted octanol–water partition coefficient (Wildman–Crippen LogP) is 2.94. The Morgan fingerprint density at radius 2 is 1.96 bits per heavy atom. The van der Waals surface area contributed by atoms with Crippen LogP contribution in [-0.4, -0.2) is 18.5 Å². The third kappa shape index (κ3) is 3.41. The Labute approximate surface area is 142 Å². The van der Waals surface area contributed by atoms with Gasteiger partial charge in [-0.1, -0.05) is 41.9 Å². The summed E-state index contributed by atoms with van der Waals surface area (Å²) >= 11 is 6.06. The summed E-state index contributed by atoms with van der Waals surface area (Å²) in [6.07, 6.45) is 0.943. The van der Waals surface area contributed by atoms with E-state index in [9.17, 15) is 4.79 Å². The van der Waals surface area contributed by atoms with Gasteiger partial charge in [-0.15, -0.1) is 0 Å². The van der Waals surface area contributed by atoms with E-state index in [-0.39, 0.29) is 18.0 Å². The predicted molar refractivity (Wildman–Crippen MR) is 93.8 cm³/mol. The highest BCUT2D eigenvalue weighted by molar-refractivity contribution is 6.30. The molecule has 1 amide bonds. The molecule has 0 fully saturated rings. The quantitative estimate of drug-likeness (QED) is 0.920. The largest absolute Gasteiger partial charge is 0.330 e. The number of nitrogens with two attached hydrogens (primary N) is 1. The lowest BCUT2D eigenvalue weighted by Crippen LogP contribution is -2.92. The Morgan fingerprint density at radius 1 is 1.17 bits per heavy atom. The topological polar surface area (TPSA) is 36.9 Å². The van der Waals surface area contributed by atoms with Crippen LogP contribution in [0, 0.1) is 0 Å². The molecule has 120 valence electrons. The normalized spacial score (nSPS) is 16.0. The number of halogens is 1. The molecule has 0 saturated carbocycles. The molecule has 3 rings (SSSR count). The van der Waals surface area contributed by atoms with E-state index in [2.05, 4.69) is 24.4 Å². The molecule has 2 aromatic carbocycles. The molecule has 1 aliphatic rings. The Morgan fingerprint density at radius 3 is 2.74 bits per heavy atom. The van der Waals surface area contributed by atoms with Crippen molar-refractivity contribution in [1.82, 2.24) is 0 Å². The van der Waals surface area contributed by atoms with Gasteiger partial charge in [-0.3, -0.25) is 4.79 Å². The van der Waals surface area contributed by atoms with Gasteiger partial charge in [0.05, 0.1) is 0 Å². The fourth-order valence-corrected chi connectivity index (χ4v) is 3.43. The van der Waals surface area contributed by atoms with Crippen LogP contribution < -0.4 is 10.2 Å². The molecule has 2 N–H and O–H groups in total. The second kappa shape index (κ2) is 6.73. The van der Waals surface area contributed by atoms with Crippen molar-refractivity contribution in [3.63, 3.8) is 0 Å². The average Bonchev–Trinajstić information content (AvgIpc) is 2.98. The van der Waals surface area contributed by atoms with Gasteiger partial charge in [0.25, 0.3) is 5.91 Å². The van der Waals surface area contributed by atoms with E-state index in [1.807, 2.05) is 48.2 Å². The van der Waals surface area contributed by atoms with Gasteiger partial charge in [0.2, 0.25) is 0 Å². The number of nitrogens with zero attached hydrogens (tertiary/aromatic N) is 1. The number of fused-ring (bicyclic) bond motifs is 1. The zero-order valence-corrected chi connectivity index (χ0v) is 14.3. The standard InChI is InChI=1S/C19H21ClN2O/c1-13(16-7-5-8-17(20)12-16)21-14(2)19(23)22-11-10-15-6-3-4-9-18(15)22/h3-9,12-14,21H,10-11H2,1-2H3/p+1/t13-,14+/m0/s1. The number of amides is 1. The summed E-state index contributed by atoms with van der Waals surface area (Å²) in [5.41, 5.74) is 3.46. The van der Waals surface area contributed by atoms with Crippen LogP contribution in [0.1, 0.15) is 31.0 Å². The summed E-state index contributed by atoms with van der Waals surface area (Å²) in [4.78, 5) is 14.7. The van der Waals surface area contributed by atoms with Gasteiger partial charge < -0.3 is 10.2 Å². The highest BCUT2D eigenvalue weighted by Gasteiger charge is 2.30. The number of anilines is 1. The van der Waals surface area contributed by atoms with Crippen molar-refractivity contribution in [3.05, 3.63) is 64.7 Å². The number of carbonyl (C=O) groups is 1. The maximum Gasteiger partial charge on any atom is 0.284 e. The summed E-state index contributed by atoms with van der Waals surface area (Å²) < 4.78 is 0. The van der Waals surface area contributed by atoms with Crippen LogP contribution in [0.4, 0.5) is 5.69 Å². The Kier molecular flexibility index (Phi) is 4.69. The summed E-state index contributed by atoms with van der Waals surface area (Å²) in [7, 11) is 0. The lowest BCUT2D eigenvalue weighted by Gasteiger charge is -2.22. The molecular weight excluding hydrogens is 308 g/mol. The van der Waals surface area contributed by atoms with Crippen LogP contribution in [0.2, 0.25) is 5.02 Å². The summed E-state index contributed by atoms with van der Waals surface area (Å²) in [6.45, 7) is 4.86. The molecule has 0 aliphatic carbocycles. The first-order chi connectivity index (χ1) is 11.1. The number of rotatable bonds is 4. The molecule has 1 aliphatic heterocycles. The summed E-state index contributed by atoms with van der Waals surface area (Å²) in [6, 6.07) is 16.1. The lowest BCUT2D eigenvalue weighted by molar-refractivity contribution is -0.710. The van der Waals surface area contributed by atoms with Crippen LogP contribution >= 0.6 is 11.6 Å². The number of hydrogen-bond donors (Lipinski definition) is 1. The van der Waals surface area contributed by atoms with Crippen LogP contribution in [0.15, 0.2) is 48.5 Å². The van der Waals surface area contributed by atoms with Crippen molar-refractivity contribution >= 4 is 23.2 Å². The van der Waals surface area contributed by atoms with Gasteiger partial charge >= 0.3 is 0 Å². The first kappa shape index (κ1) is 16.0. The summed E-state index contributed by atoms with van der Waals surface area (Å²) in [5.74, 6) is 0.170. The van der Waals surface area contributed by atoms with Gasteiger partial charge in [-0.05, 0) is 44.0 Å². The molecule has 4 heteroatoms. The van der Waals surface area contributed by atoms with E-state index in [1.165, 1.54) is 5.56 Å². The van der Waals surface area contributed by atoms with E-state index in [0.717, 1.165) is 29.2 Å². The van der Waals surface area contributed by atoms with Gasteiger partial charge in [0, 0.05) is 22.8 Å². The first-order valence-corrected chi connectivity index (χ1v) is 8.44. The van der Waals surface area contributed by atoms with E-state index in [0.29, 0.717) is 0 Å². The van der Waals surface area contributed by atoms with Gasteiger partial charge in [0.15, 0.2) is 6.04 Å². The molecule has 0 spiro atoms. The smallest absolute Gasteiger partial charge is 0.284 e. The van der Waals surface area contributed by atoms with Crippen LogP contribution in [0.5, 0.6) is 0 Å². The molecule has 0 radical (unpaired) electrons. The lowest BCUT2D eigenvalue weighted by atomic mass is 10.1. The van der Waals surface area contributed by atoms with Crippen molar-refractivity contribution < 1.29 is 10.1 Å². The SMILES string of the molecule is C[C@H]([NH2+][C@H](C)C(=O)N1CCc2ccccc21)c1cccc(Cl)c1. The Balaban J connectivity index is 1.69. The minimum absolute atomic E-state index is 0.130. The van der Waals surface area contributed by atoms with Crippen molar-refractivity contribution in [2.75, 3.05) is 11.4 Å². The maximum absolute atomic E-state index is 12.8. The molecule has 0 aromatic heterocycles. The molecule has 3 nitrogen and oxygen atoms in total. The molecule has 2 atom stereocenters. The van der Waals surface area contributed by atoms with Crippen LogP contribution in [0.3, 0.4) is 0 Å². The molecule has 1 heterocycles. The van der Waals surface area contributed by atoms with Gasteiger partial charge in [-0.25, -0.2) is 0 Å². The number of hydrogen-bond acceptors (Lipinski definition) is 1. The Bertz CT molecular complexity index is 716. The second-order valence-corrected chi connectivity index (χ2v) is 6.63. The van der Waals surface area contributed by atoms with Gasteiger partial charge in [-0.2, -0.15) is 0 Å². The van der Waals surface area contributed by atoms with Crippen molar-refractivity contribution in [1.29, 1.82) is 0 Å². The maximum atomic E-state index is 12.8. The third-order valence-electron chi connectivity index (χ3n) is 4.49. The number of para-hydroxylation sites is 1. The first-order valence-electron chi connectivity index (χ1n) is 8.06. The summed E-state index contributed by atoms with van der Waals surface area (Å²) in [5, 5.41) is 2.84. The molecule has 0 bridgehead atoms. The zero-order chi connectivity index (χ0) is 16.4. The number of carbonyl (C=O) groups excluding carboxylic acids is 1. The van der Waals surface area contributed by atoms with E-state index in [1.54, 1.807) is 0 Å². The third-order valence-corrected chi connectivity index (χ3v) is 4.73. The molecular formula is C19H22ClN2O+. The van der Waals surface area contributed by atoms with Crippen molar-refractivity contribution in [2.45, 2.75) is 32.4 Å². The van der Waals surface area contributed by atoms with E-state index < -0.39 is 0 Å². The number of quaternary nitrogens is 1. The fourth-order valence-electron chi connectivity index (χ4n) is 3.23. The number of benzene rings is 2. The monoisotopic (exact) mass is 329 g/mol.